The summed E-state index contributed by atoms with van der Waals surface area (Å²) in [7, 11) is 0. The molecule has 1 heterocycles. The summed E-state index contributed by atoms with van der Waals surface area (Å²) in [6, 6.07) is -0.216. The average molecular weight is 228 g/mol. The molecule has 1 atom stereocenters. The second-order valence-corrected chi connectivity index (χ2v) is 4.03. The van der Waals surface area contributed by atoms with E-state index in [0.717, 1.165) is 11.3 Å². The van der Waals surface area contributed by atoms with Crippen LogP contribution in [0.1, 0.15) is 25.1 Å². The van der Waals surface area contributed by atoms with Crippen LogP contribution in [0.2, 0.25) is 0 Å². The summed E-state index contributed by atoms with van der Waals surface area (Å²) in [6.45, 7) is 4.87. The Labute approximate surface area is 93.7 Å². The van der Waals surface area contributed by atoms with Crippen molar-refractivity contribution in [2.75, 3.05) is 6.61 Å². The summed E-state index contributed by atoms with van der Waals surface area (Å²) in [5, 5.41) is 3.15. The van der Waals surface area contributed by atoms with Crippen LogP contribution in [0, 0.1) is 0 Å². The van der Waals surface area contributed by atoms with Crippen molar-refractivity contribution in [1.82, 2.24) is 10.3 Å². The molecule has 1 aromatic rings. The minimum absolute atomic E-state index is 0.176. The van der Waals surface area contributed by atoms with E-state index in [1.54, 1.807) is 23.0 Å². The van der Waals surface area contributed by atoms with Gasteiger partial charge in [0.05, 0.1) is 12.1 Å². The van der Waals surface area contributed by atoms with Gasteiger partial charge in [-0.1, -0.05) is 6.92 Å². The Bertz CT molecular complexity index is 288. The minimum Gasteiger partial charge on any atom is -0.465 e. The Balaban J connectivity index is 2.37. The fourth-order valence-electron chi connectivity index (χ4n) is 1.19. The fraction of sp³-hybridized carbons (Fsp3) is 0.600. The van der Waals surface area contributed by atoms with Crippen molar-refractivity contribution in [3.8, 4) is 0 Å². The number of aromatic nitrogens is 1. The van der Waals surface area contributed by atoms with Gasteiger partial charge in [-0.3, -0.25) is 15.1 Å². The molecule has 0 aromatic carbocycles. The van der Waals surface area contributed by atoms with E-state index in [-0.39, 0.29) is 12.0 Å². The Morgan fingerprint density at radius 1 is 1.67 bits per heavy atom. The first-order valence-electron chi connectivity index (χ1n) is 5.05. The summed E-state index contributed by atoms with van der Waals surface area (Å²) in [5.74, 6) is -0.176. The minimum atomic E-state index is -0.216. The molecule has 0 saturated heterocycles. The van der Waals surface area contributed by atoms with Crippen LogP contribution >= 0.6 is 11.3 Å². The molecule has 0 radical (unpaired) electrons. The molecule has 1 N–H and O–H groups in total. The first kappa shape index (κ1) is 12.1. The third-order valence-electron chi connectivity index (χ3n) is 1.99. The number of ether oxygens (including phenoxy) is 1. The molecule has 15 heavy (non-hydrogen) atoms. The molecule has 1 aromatic heterocycles. The quantitative estimate of drug-likeness (QED) is 0.751. The molecule has 0 aliphatic heterocycles. The van der Waals surface area contributed by atoms with Crippen LogP contribution in [-0.4, -0.2) is 23.6 Å². The van der Waals surface area contributed by atoms with Gasteiger partial charge in [-0.15, -0.1) is 11.3 Å². The highest BCUT2D eigenvalue weighted by Crippen LogP contribution is 2.06. The zero-order valence-corrected chi connectivity index (χ0v) is 9.84. The molecule has 84 valence electrons. The van der Waals surface area contributed by atoms with Crippen molar-refractivity contribution in [3.05, 3.63) is 16.6 Å². The molecule has 0 aliphatic carbocycles. The molecule has 0 aliphatic rings. The molecule has 5 heteroatoms. The third-order valence-corrected chi connectivity index (χ3v) is 2.77. The largest absolute Gasteiger partial charge is 0.465 e. The fourth-order valence-corrected chi connectivity index (χ4v) is 1.74. The van der Waals surface area contributed by atoms with Gasteiger partial charge in [-0.25, -0.2) is 0 Å². The maximum atomic E-state index is 11.4. The van der Waals surface area contributed by atoms with Crippen molar-refractivity contribution < 1.29 is 9.53 Å². The SMILES string of the molecule is CCOC(=O)C(CC)NCc1cncs1. The lowest BCUT2D eigenvalue weighted by Gasteiger charge is -2.14. The lowest BCUT2D eigenvalue weighted by molar-refractivity contribution is -0.145. The molecule has 0 saturated carbocycles. The van der Waals surface area contributed by atoms with E-state index in [4.69, 9.17) is 4.74 Å². The van der Waals surface area contributed by atoms with E-state index in [1.165, 1.54) is 0 Å². The molecular formula is C10H16N2O2S. The van der Waals surface area contributed by atoms with Crippen LogP contribution in [0.3, 0.4) is 0 Å². The van der Waals surface area contributed by atoms with E-state index in [0.29, 0.717) is 13.2 Å². The highest BCUT2D eigenvalue weighted by atomic mass is 32.1. The second-order valence-electron chi connectivity index (χ2n) is 3.06. The van der Waals surface area contributed by atoms with Gasteiger partial charge in [-0.2, -0.15) is 0 Å². The zero-order valence-electron chi connectivity index (χ0n) is 9.03. The van der Waals surface area contributed by atoms with Crippen LogP contribution in [0.15, 0.2) is 11.7 Å². The van der Waals surface area contributed by atoms with E-state index in [2.05, 4.69) is 10.3 Å². The molecule has 0 amide bonds. The summed E-state index contributed by atoms with van der Waals surface area (Å²) in [4.78, 5) is 16.5. The van der Waals surface area contributed by atoms with Gasteiger partial charge in [0.1, 0.15) is 6.04 Å². The lowest BCUT2D eigenvalue weighted by Crippen LogP contribution is -2.36. The number of rotatable bonds is 6. The predicted octanol–water partition coefficient (Wildman–Crippen LogP) is 1.57. The Morgan fingerprint density at radius 3 is 3.00 bits per heavy atom. The molecule has 4 nitrogen and oxygen atoms in total. The number of esters is 1. The van der Waals surface area contributed by atoms with Gasteiger partial charge in [0.15, 0.2) is 0 Å². The van der Waals surface area contributed by atoms with Crippen LogP contribution in [0.4, 0.5) is 0 Å². The summed E-state index contributed by atoms with van der Waals surface area (Å²) >= 11 is 1.57. The van der Waals surface area contributed by atoms with Crippen LogP contribution in [0.5, 0.6) is 0 Å². The van der Waals surface area contributed by atoms with Crippen molar-refractivity contribution in [3.63, 3.8) is 0 Å². The van der Waals surface area contributed by atoms with Gasteiger partial charge < -0.3 is 4.74 Å². The molecule has 0 fully saturated rings. The monoisotopic (exact) mass is 228 g/mol. The number of hydrogen-bond donors (Lipinski definition) is 1. The van der Waals surface area contributed by atoms with Crippen LogP contribution in [0.25, 0.3) is 0 Å². The Hall–Kier alpha value is -0.940. The van der Waals surface area contributed by atoms with Gasteiger partial charge >= 0.3 is 5.97 Å². The van der Waals surface area contributed by atoms with Gasteiger partial charge in [0, 0.05) is 17.6 Å². The van der Waals surface area contributed by atoms with Crippen molar-refractivity contribution in [2.45, 2.75) is 32.9 Å². The number of carbonyl (C=O) groups is 1. The van der Waals surface area contributed by atoms with E-state index in [1.807, 2.05) is 13.8 Å². The van der Waals surface area contributed by atoms with E-state index < -0.39 is 0 Å². The highest BCUT2D eigenvalue weighted by Gasteiger charge is 2.16. The molecule has 0 bridgehead atoms. The van der Waals surface area contributed by atoms with Crippen molar-refractivity contribution in [2.24, 2.45) is 0 Å². The van der Waals surface area contributed by atoms with Gasteiger partial charge in [-0.05, 0) is 13.3 Å². The number of nitrogens with zero attached hydrogens (tertiary/aromatic N) is 1. The smallest absolute Gasteiger partial charge is 0.323 e. The Morgan fingerprint density at radius 2 is 2.47 bits per heavy atom. The van der Waals surface area contributed by atoms with Gasteiger partial charge in [0.2, 0.25) is 0 Å². The topological polar surface area (TPSA) is 51.2 Å². The first-order chi connectivity index (χ1) is 7.27. The average Bonchev–Trinajstić information content (AvgIpc) is 2.72. The molecule has 1 rings (SSSR count). The normalized spacial score (nSPS) is 12.4. The molecule has 1 unspecified atom stereocenters. The second kappa shape index (κ2) is 6.53. The lowest BCUT2D eigenvalue weighted by atomic mass is 10.2. The summed E-state index contributed by atoms with van der Waals surface area (Å²) < 4.78 is 4.95. The van der Waals surface area contributed by atoms with E-state index in [9.17, 15) is 4.79 Å². The van der Waals surface area contributed by atoms with Crippen LogP contribution < -0.4 is 5.32 Å². The van der Waals surface area contributed by atoms with Crippen molar-refractivity contribution in [1.29, 1.82) is 0 Å². The number of nitrogens with one attached hydrogen (secondary N) is 1. The number of hydrogen-bond acceptors (Lipinski definition) is 5. The Kier molecular flexibility index (Phi) is 5.28. The summed E-state index contributed by atoms with van der Waals surface area (Å²) in [5.41, 5.74) is 1.78. The van der Waals surface area contributed by atoms with E-state index >= 15 is 0 Å². The maximum Gasteiger partial charge on any atom is 0.323 e. The number of thiazole rings is 1. The molecule has 0 spiro atoms. The standard InChI is InChI=1S/C10H16N2O2S/c1-3-9(10(13)14-4-2)12-6-8-5-11-7-15-8/h5,7,9,12H,3-4,6H2,1-2H3. The number of carbonyl (C=O) groups excluding carboxylic acids is 1. The summed E-state index contributed by atoms with van der Waals surface area (Å²) in [6.07, 6.45) is 2.53. The predicted molar refractivity (Wildman–Crippen MR) is 59.7 cm³/mol. The highest BCUT2D eigenvalue weighted by molar-refractivity contribution is 7.09. The molecular weight excluding hydrogens is 212 g/mol. The van der Waals surface area contributed by atoms with Gasteiger partial charge in [0.25, 0.3) is 0 Å². The third kappa shape index (κ3) is 3.97. The van der Waals surface area contributed by atoms with Crippen LogP contribution in [-0.2, 0) is 16.1 Å². The first-order valence-corrected chi connectivity index (χ1v) is 5.93. The zero-order chi connectivity index (χ0) is 11.1. The maximum absolute atomic E-state index is 11.4. The van der Waals surface area contributed by atoms with Crippen molar-refractivity contribution >= 4 is 17.3 Å².